The smallest absolute Gasteiger partial charge is 0.261 e. The van der Waals surface area contributed by atoms with Crippen LogP contribution in [0.15, 0.2) is 10.9 Å². The molecule has 0 bridgehead atoms. The van der Waals surface area contributed by atoms with Gasteiger partial charge in [0.05, 0.1) is 6.10 Å². The maximum atomic E-state index is 12.8. The molecule has 3 rings (SSSR count). The minimum Gasteiger partial charge on any atom is -0.392 e. The molecule has 1 spiro atoms. The van der Waals surface area contributed by atoms with Gasteiger partial charge >= 0.3 is 0 Å². The Morgan fingerprint density at radius 1 is 1.26 bits per heavy atom. The van der Waals surface area contributed by atoms with Gasteiger partial charge in [-0.15, -0.1) is 0 Å². The summed E-state index contributed by atoms with van der Waals surface area (Å²) < 4.78 is 0. The lowest BCUT2D eigenvalue weighted by Crippen LogP contribution is -2.53. The van der Waals surface area contributed by atoms with Crippen molar-refractivity contribution in [2.45, 2.75) is 52.6 Å². The Bertz CT molecular complexity index is 791. The van der Waals surface area contributed by atoms with Crippen LogP contribution in [-0.4, -0.2) is 64.0 Å². The van der Waals surface area contributed by atoms with Crippen LogP contribution < -0.4 is 5.56 Å². The summed E-state index contributed by atoms with van der Waals surface area (Å²) in [6.45, 7) is 7.56. The van der Waals surface area contributed by atoms with Crippen LogP contribution in [0.2, 0.25) is 0 Å². The first-order valence-corrected chi connectivity index (χ1v) is 9.66. The van der Waals surface area contributed by atoms with Crippen LogP contribution in [0.5, 0.6) is 0 Å². The summed E-state index contributed by atoms with van der Waals surface area (Å²) in [6, 6.07) is 1.67. The summed E-state index contributed by atoms with van der Waals surface area (Å²) >= 11 is 0. The molecule has 1 aromatic rings. The van der Waals surface area contributed by atoms with E-state index in [-0.39, 0.29) is 28.4 Å². The number of carbonyl (C=O) groups is 2. The first-order chi connectivity index (χ1) is 12.7. The third-order valence-corrected chi connectivity index (χ3v) is 6.07. The van der Waals surface area contributed by atoms with Crippen LogP contribution in [0.1, 0.15) is 54.2 Å². The number of aromatic amines is 1. The van der Waals surface area contributed by atoms with Crippen LogP contribution in [0.25, 0.3) is 0 Å². The van der Waals surface area contributed by atoms with Gasteiger partial charge in [-0.2, -0.15) is 0 Å². The first kappa shape index (κ1) is 19.6. The zero-order valence-corrected chi connectivity index (χ0v) is 16.4. The van der Waals surface area contributed by atoms with E-state index >= 15 is 0 Å². The number of hydrogen-bond donors (Lipinski definition) is 2. The molecule has 0 unspecified atom stereocenters. The number of nitrogens with zero attached hydrogens (tertiary/aromatic N) is 2. The lowest BCUT2D eigenvalue weighted by atomic mass is 9.72. The molecule has 2 amide bonds. The van der Waals surface area contributed by atoms with E-state index in [1.54, 1.807) is 22.8 Å². The number of aliphatic hydroxyl groups excluding tert-OH is 1. The molecule has 148 valence electrons. The monoisotopic (exact) mass is 375 g/mol. The minimum absolute atomic E-state index is 0.00912. The van der Waals surface area contributed by atoms with Gasteiger partial charge in [0.25, 0.3) is 11.5 Å². The average Bonchev–Trinajstić information content (AvgIpc) is 2.61. The molecule has 2 saturated heterocycles. The lowest BCUT2D eigenvalue weighted by Gasteiger charge is -2.47. The number of H-pyrrole nitrogens is 1. The van der Waals surface area contributed by atoms with Crippen molar-refractivity contribution in [2.24, 2.45) is 5.41 Å². The van der Waals surface area contributed by atoms with E-state index in [1.807, 2.05) is 13.8 Å². The molecular formula is C20H29N3O4. The zero-order valence-electron chi connectivity index (χ0n) is 16.4. The van der Waals surface area contributed by atoms with Crippen molar-refractivity contribution in [3.8, 4) is 0 Å². The van der Waals surface area contributed by atoms with E-state index in [0.29, 0.717) is 32.6 Å². The molecule has 0 radical (unpaired) electrons. The van der Waals surface area contributed by atoms with Crippen molar-refractivity contribution in [2.75, 3.05) is 26.2 Å². The Balaban J connectivity index is 1.68. The third kappa shape index (κ3) is 4.08. The normalized spacial score (nSPS) is 20.8. The van der Waals surface area contributed by atoms with Gasteiger partial charge in [0.15, 0.2) is 0 Å². The van der Waals surface area contributed by atoms with Gasteiger partial charge in [0.1, 0.15) is 5.56 Å². The van der Waals surface area contributed by atoms with E-state index in [0.717, 1.165) is 30.5 Å². The van der Waals surface area contributed by atoms with Crippen molar-refractivity contribution in [1.29, 1.82) is 0 Å². The SMILES string of the molecule is Cc1cc(C(=O)N2CCC3(CCC(=O)N(C[C@@H](C)O)C3)CC2)c(=O)[nH]c1C. The Labute approximate surface area is 159 Å². The topological polar surface area (TPSA) is 93.7 Å². The van der Waals surface area contributed by atoms with Crippen LogP contribution in [0.4, 0.5) is 0 Å². The molecule has 2 aliphatic rings. The molecule has 2 fully saturated rings. The van der Waals surface area contributed by atoms with Crippen molar-refractivity contribution >= 4 is 11.8 Å². The molecule has 2 N–H and O–H groups in total. The fraction of sp³-hybridized carbons (Fsp3) is 0.650. The Kier molecular flexibility index (Phi) is 5.42. The largest absolute Gasteiger partial charge is 0.392 e. The molecule has 0 saturated carbocycles. The summed E-state index contributed by atoms with van der Waals surface area (Å²) in [4.78, 5) is 43.4. The number of rotatable bonds is 3. The number of likely N-dealkylation sites (tertiary alicyclic amines) is 2. The van der Waals surface area contributed by atoms with Crippen molar-refractivity contribution < 1.29 is 14.7 Å². The number of carbonyl (C=O) groups excluding carboxylic acids is 2. The average molecular weight is 375 g/mol. The number of nitrogens with one attached hydrogen (secondary N) is 1. The standard InChI is InChI=1S/C20H29N3O4/c1-13-10-16(18(26)21-15(13)3)19(27)22-8-6-20(7-9-22)5-4-17(25)23(12-20)11-14(2)24/h10,14,24H,4-9,11-12H2,1-3H3,(H,21,26)/t14-/m1/s1. The number of aliphatic hydroxyl groups is 1. The molecule has 0 aliphatic carbocycles. The van der Waals surface area contributed by atoms with E-state index in [9.17, 15) is 19.5 Å². The number of aromatic nitrogens is 1. The van der Waals surface area contributed by atoms with Gasteiger partial charge < -0.3 is 19.9 Å². The van der Waals surface area contributed by atoms with Gasteiger partial charge in [-0.1, -0.05) is 0 Å². The Hall–Kier alpha value is -2.15. The number of piperidine rings is 2. The lowest BCUT2D eigenvalue weighted by molar-refractivity contribution is -0.140. The molecule has 2 aliphatic heterocycles. The maximum Gasteiger partial charge on any atom is 0.261 e. The number of β-amino-alcohol motifs (C(OH)–C–C–N with tert-alkyl or cyclic N) is 1. The van der Waals surface area contributed by atoms with E-state index in [4.69, 9.17) is 0 Å². The van der Waals surface area contributed by atoms with Crippen molar-refractivity contribution in [3.63, 3.8) is 0 Å². The van der Waals surface area contributed by atoms with Gasteiger partial charge in [0.2, 0.25) is 5.91 Å². The first-order valence-electron chi connectivity index (χ1n) is 9.66. The second kappa shape index (κ2) is 7.46. The Morgan fingerprint density at radius 2 is 1.93 bits per heavy atom. The molecule has 0 aromatic carbocycles. The summed E-state index contributed by atoms with van der Waals surface area (Å²) in [5.74, 6) is -0.122. The second-order valence-corrected chi connectivity index (χ2v) is 8.24. The highest BCUT2D eigenvalue weighted by Gasteiger charge is 2.42. The highest BCUT2D eigenvalue weighted by molar-refractivity contribution is 5.94. The molecular weight excluding hydrogens is 346 g/mol. The molecule has 27 heavy (non-hydrogen) atoms. The molecule has 7 nitrogen and oxygen atoms in total. The number of pyridine rings is 1. The summed E-state index contributed by atoms with van der Waals surface area (Å²) in [7, 11) is 0. The van der Waals surface area contributed by atoms with Crippen molar-refractivity contribution in [1.82, 2.24) is 14.8 Å². The quantitative estimate of drug-likeness (QED) is 0.831. The van der Waals surface area contributed by atoms with Gasteiger partial charge in [-0.25, -0.2) is 0 Å². The predicted octanol–water partition coefficient (Wildman–Crippen LogP) is 1.22. The summed E-state index contributed by atoms with van der Waals surface area (Å²) in [5, 5.41) is 9.64. The van der Waals surface area contributed by atoms with Crippen LogP contribution in [-0.2, 0) is 4.79 Å². The van der Waals surface area contributed by atoms with Gasteiger partial charge in [-0.3, -0.25) is 14.4 Å². The van der Waals surface area contributed by atoms with Crippen LogP contribution in [0.3, 0.4) is 0 Å². The number of amides is 2. The van der Waals surface area contributed by atoms with E-state index < -0.39 is 6.10 Å². The Morgan fingerprint density at radius 3 is 2.56 bits per heavy atom. The second-order valence-electron chi connectivity index (χ2n) is 8.24. The van der Waals surface area contributed by atoms with E-state index in [2.05, 4.69) is 4.98 Å². The van der Waals surface area contributed by atoms with Crippen LogP contribution >= 0.6 is 0 Å². The molecule has 1 aromatic heterocycles. The number of hydrogen-bond acceptors (Lipinski definition) is 4. The molecule has 3 heterocycles. The highest BCUT2D eigenvalue weighted by Crippen LogP contribution is 2.40. The van der Waals surface area contributed by atoms with Crippen molar-refractivity contribution in [3.05, 3.63) is 33.2 Å². The van der Waals surface area contributed by atoms with Gasteiger partial charge in [0, 0.05) is 38.3 Å². The zero-order chi connectivity index (χ0) is 19.8. The molecule has 1 atom stereocenters. The fourth-order valence-corrected chi connectivity index (χ4v) is 4.24. The highest BCUT2D eigenvalue weighted by atomic mass is 16.3. The maximum absolute atomic E-state index is 12.8. The van der Waals surface area contributed by atoms with E-state index in [1.165, 1.54) is 0 Å². The fourth-order valence-electron chi connectivity index (χ4n) is 4.24. The predicted molar refractivity (Wildman–Crippen MR) is 102 cm³/mol. The van der Waals surface area contributed by atoms with Crippen LogP contribution in [0, 0.1) is 19.3 Å². The van der Waals surface area contributed by atoms with Gasteiger partial charge in [-0.05, 0) is 57.1 Å². The third-order valence-electron chi connectivity index (χ3n) is 6.07. The number of aryl methyl sites for hydroxylation is 2. The summed E-state index contributed by atoms with van der Waals surface area (Å²) in [5.41, 5.74) is 1.54. The molecule has 7 heteroatoms. The minimum atomic E-state index is -0.540. The summed E-state index contributed by atoms with van der Waals surface area (Å²) in [6.07, 6.45) is 2.41.